The van der Waals surface area contributed by atoms with E-state index in [9.17, 15) is 9.59 Å². The van der Waals surface area contributed by atoms with E-state index in [-0.39, 0.29) is 23.0 Å². The Morgan fingerprint density at radius 3 is 2.14 bits per heavy atom. The molecule has 1 aromatic rings. The van der Waals surface area contributed by atoms with Crippen molar-refractivity contribution in [2.24, 2.45) is 11.1 Å². The molecule has 2 atom stereocenters. The molecule has 0 unspecified atom stereocenters. The molecule has 3 N–H and O–H groups in total. The van der Waals surface area contributed by atoms with Crippen molar-refractivity contribution in [2.75, 3.05) is 7.11 Å². The number of benzene rings is 1. The normalized spacial score (nSPS) is 26.8. The van der Waals surface area contributed by atoms with Crippen LogP contribution in [0.4, 0.5) is 0 Å². The highest BCUT2D eigenvalue weighted by molar-refractivity contribution is 5.97. The highest BCUT2D eigenvalue weighted by atomic mass is 16.5. The van der Waals surface area contributed by atoms with Crippen LogP contribution in [0.25, 0.3) is 0 Å². The van der Waals surface area contributed by atoms with Gasteiger partial charge in [0.15, 0.2) is 0 Å². The van der Waals surface area contributed by atoms with Crippen LogP contribution in [0.15, 0.2) is 24.3 Å². The number of methoxy groups -OCH3 is 1. The summed E-state index contributed by atoms with van der Waals surface area (Å²) >= 11 is 0. The van der Waals surface area contributed by atoms with E-state index in [0.717, 1.165) is 6.42 Å². The van der Waals surface area contributed by atoms with Crippen molar-refractivity contribution in [3.63, 3.8) is 0 Å². The van der Waals surface area contributed by atoms with Gasteiger partial charge in [-0.25, -0.2) is 0 Å². The van der Waals surface area contributed by atoms with Gasteiger partial charge in [-0.1, -0.05) is 13.8 Å². The molecule has 1 aromatic carbocycles. The minimum atomic E-state index is -0.502. The van der Waals surface area contributed by atoms with E-state index in [1.807, 2.05) is 0 Å². The number of nitrogens with one attached hydrogen (secondary N) is 1. The number of nitrogens with two attached hydrogens (primary N) is 1. The van der Waals surface area contributed by atoms with Crippen LogP contribution >= 0.6 is 0 Å². The van der Waals surface area contributed by atoms with Crippen molar-refractivity contribution >= 4 is 11.8 Å². The first-order chi connectivity index (χ1) is 9.71. The van der Waals surface area contributed by atoms with E-state index in [2.05, 4.69) is 26.1 Å². The van der Waals surface area contributed by atoms with E-state index in [1.54, 1.807) is 31.4 Å². The topological polar surface area (TPSA) is 81.4 Å². The van der Waals surface area contributed by atoms with Gasteiger partial charge in [0.2, 0.25) is 5.91 Å². The van der Waals surface area contributed by atoms with Crippen molar-refractivity contribution in [1.29, 1.82) is 0 Å². The van der Waals surface area contributed by atoms with Crippen molar-refractivity contribution in [1.82, 2.24) is 5.32 Å². The summed E-state index contributed by atoms with van der Waals surface area (Å²) in [5.74, 6) is -0.653. The molecule has 1 fully saturated rings. The summed E-state index contributed by atoms with van der Waals surface area (Å²) in [6.07, 6.45) is 0.779. The largest absolute Gasteiger partial charge is 0.378 e. The highest BCUT2D eigenvalue weighted by Crippen LogP contribution is 2.51. The lowest BCUT2D eigenvalue weighted by molar-refractivity contribution is -0.177. The van der Waals surface area contributed by atoms with Crippen LogP contribution in [-0.4, -0.2) is 30.6 Å². The van der Waals surface area contributed by atoms with Gasteiger partial charge in [0.05, 0.1) is 5.60 Å². The zero-order valence-corrected chi connectivity index (χ0v) is 12.9. The Bertz CT molecular complexity index is 565. The summed E-state index contributed by atoms with van der Waals surface area (Å²) in [5.41, 5.74) is 5.73. The Morgan fingerprint density at radius 1 is 1.19 bits per heavy atom. The third-order valence-corrected chi connectivity index (χ3v) is 5.02. The third kappa shape index (κ3) is 2.53. The van der Waals surface area contributed by atoms with Crippen LogP contribution in [0.2, 0.25) is 0 Å². The highest BCUT2D eigenvalue weighted by Gasteiger charge is 2.58. The lowest BCUT2D eigenvalue weighted by atomic mass is 9.56. The maximum absolute atomic E-state index is 12.2. The minimum absolute atomic E-state index is 0.0609. The van der Waals surface area contributed by atoms with Crippen LogP contribution in [0.3, 0.4) is 0 Å². The van der Waals surface area contributed by atoms with E-state index >= 15 is 0 Å². The van der Waals surface area contributed by atoms with Gasteiger partial charge in [0, 0.05) is 29.7 Å². The molecular weight excluding hydrogens is 268 g/mol. The molecule has 21 heavy (non-hydrogen) atoms. The quantitative estimate of drug-likeness (QED) is 0.886. The van der Waals surface area contributed by atoms with Crippen LogP contribution < -0.4 is 11.1 Å². The molecule has 0 radical (unpaired) electrons. The van der Waals surface area contributed by atoms with Crippen LogP contribution in [0.5, 0.6) is 0 Å². The molecule has 0 saturated heterocycles. The van der Waals surface area contributed by atoms with E-state index in [1.165, 1.54) is 0 Å². The number of hydrogen-bond acceptors (Lipinski definition) is 3. The Morgan fingerprint density at radius 2 is 1.71 bits per heavy atom. The summed E-state index contributed by atoms with van der Waals surface area (Å²) in [5, 5.41) is 3.03. The predicted molar refractivity (Wildman–Crippen MR) is 80.0 cm³/mol. The fourth-order valence-corrected chi connectivity index (χ4v) is 2.75. The molecule has 5 heteroatoms. The number of carbonyl (C=O) groups is 2. The Labute approximate surface area is 124 Å². The molecule has 114 valence electrons. The number of rotatable bonds is 4. The first-order valence-electron chi connectivity index (χ1n) is 6.97. The Balaban J connectivity index is 2.05. The third-order valence-electron chi connectivity index (χ3n) is 5.02. The van der Waals surface area contributed by atoms with Gasteiger partial charge in [-0.15, -0.1) is 0 Å². The number of carbonyl (C=O) groups excluding carboxylic acids is 2. The number of primary amides is 1. The number of hydrogen-bond donors (Lipinski definition) is 2. The summed E-state index contributed by atoms with van der Waals surface area (Å²) in [7, 11) is 1.70. The van der Waals surface area contributed by atoms with Crippen molar-refractivity contribution in [2.45, 2.75) is 38.8 Å². The molecule has 0 aromatic heterocycles. The monoisotopic (exact) mass is 290 g/mol. The SMILES string of the molecule is CO[C@]1(C)C[C@H](NC(=O)c2ccc(C(N)=O)cc2)C1(C)C. The van der Waals surface area contributed by atoms with Crippen molar-refractivity contribution in [3.05, 3.63) is 35.4 Å². The predicted octanol–water partition coefficient (Wildman–Crippen LogP) is 1.72. The van der Waals surface area contributed by atoms with Crippen LogP contribution in [0, 0.1) is 5.41 Å². The molecule has 0 heterocycles. The molecule has 1 aliphatic rings. The standard InChI is InChI=1S/C16H22N2O3/c1-15(2)12(9-16(15,3)21-4)18-14(20)11-7-5-10(6-8-11)13(17)19/h5-8,12H,9H2,1-4H3,(H2,17,19)(H,18,20)/t12-,16+/m0/s1. The van der Waals surface area contributed by atoms with Gasteiger partial charge < -0.3 is 15.8 Å². The smallest absolute Gasteiger partial charge is 0.251 e. The van der Waals surface area contributed by atoms with Crippen LogP contribution in [-0.2, 0) is 4.74 Å². The van der Waals surface area contributed by atoms with Gasteiger partial charge in [-0.2, -0.15) is 0 Å². The first kappa shape index (κ1) is 15.5. The lowest BCUT2D eigenvalue weighted by Crippen LogP contribution is -2.68. The van der Waals surface area contributed by atoms with Crippen molar-refractivity contribution in [3.8, 4) is 0 Å². The summed E-state index contributed by atoms with van der Waals surface area (Å²) in [4.78, 5) is 23.3. The summed E-state index contributed by atoms with van der Waals surface area (Å²) < 4.78 is 5.55. The van der Waals surface area contributed by atoms with E-state index < -0.39 is 5.91 Å². The average molecular weight is 290 g/mol. The summed E-state index contributed by atoms with van der Waals surface area (Å²) in [6.45, 7) is 6.22. The maximum atomic E-state index is 12.2. The fraction of sp³-hybridized carbons (Fsp3) is 0.500. The second kappa shape index (κ2) is 5.15. The number of amides is 2. The van der Waals surface area contributed by atoms with Gasteiger partial charge in [-0.05, 0) is 37.6 Å². The van der Waals surface area contributed by atoms with Gasteiger partial charge in [0.1, 0.15) is 0 Å². The lowest BCUT2D eigenvalue weighted by Gasteiger charge is -2.59. The molecule has 0 bridgehead atoms. The molecule has 1 saturated carbocycles. The fourth-order valence-electron chi connectivity index (χ4n) is 2.75. The second-order valence-electron chi connectivity index (χ2n) is 6.33. The van der Waals surface area contributed by atoms with E-state index in [0.29, 0.717) is 11.1 Å². The first-order valence-corrected chi connectivity index (χ1v) is 6.97. The molecule has 1 aliphatic carbocycles. The zero-order chi connectivity index (χ0) is 15.8. The Kier molecular flexibility index (Phi) is 3.80. The zero-order valence-electron chi connectivity index (χ0n) is 12.9. The van der Waals surface area contributed by atoms with Gasteiger partial charge in [-0.3, -0.25) is 9.59 Å². The molecule has 0 spiro atoms. The van der Waals surface area contributed by atoms with E-state index in [4.69, 9.17) is 10.5 Å². The van der Waals surface area contributed by atoms with Crippen molar-refractivity contribution < 1.29 is 14.3 Å². The minimum Gasteiger partial charge on any atom is -0.378 e. The molecule has 2 rings (SSSR count). The average Bonchev–Trinajstić information content (AvgIpc) is 2.46. The maximum Gasteiger partial charge on any atom is 0.251 e. The molecule has 2 amide bonds. The van der Waals surface area contributed by atoms with Gasteiger partial charge >= 0.3 is 0 Å². The molecule has 5 nitrogen and oxygen atoms in total. The van der Waals surface area contributed by atoms with Crippen LogP contribution in [0.1, 0.15) is 47.9 Å². The number of ether oxygens (including phenoxy) is 1. The molecular formula is C16H22N2O3. The summed E-state index contributed by atoms with van der Waals surface area (Å²) in [6, 6.07) is 6.39. The Hall–Kier alpha value is -1.88. The van der Waals surface area contributed by atoms with Gasteiger partial charge in [0.25, 0.3) is 5.91 Å². The second-order valence-corrected chi connectivity index (χ2v) is 6.33. The molecule has 0 aliphatic heterocycles.